The quantitative estimate of drug-likeness (QED) is 0.683. The van der Waals surface area contributed by atoms with E-state index in [4.69, 9.17) is 5.73 Å². The molecule has 0 aliphatic rings. The maximum absolute atomic E-state index is 9.85. The van der Waals surface area contributed by atoms with Crippen LogP contribution in [0.15, 0.2) is 30.8 Å². The third kappa shape index (κ3) is 3.01. The number of phenolic OH excluding ortho intramolecular Hbond substituents is 1. The number of benzene rings is 1. The summed E-state index contributed by atoms with van der Waals surface area (Å²) in [4.78, 5) is 4.05. The topological polar surface area (TPSA) is 76.4 Å². The van der Waals surface area contributed by atoms with E-state index < -0.39 is 0 Å². The minimum atomic E-state index is 0.111. The number of nitrogens with two attached hydrogens (primary N) is 1. The van der Waals surface area contributed by atoms with E-state index in [1.165, 1.54) is 4.68 Å². The second-order valence-electron chi connectivity index (χ2n) is 3.75. The largest absolute Gasteiger partial charge is 0.506 e. The van der Waals surface area contributed by atoms with Crippen molar-refractivity contribution in [2.45, 2.75) is 6.92 Å². The highest BCUT2D eigenvalue weighted by Crippen LogP contribution is 2.38. The Morgan fingerprint density at radius 3 is 2.63 bits per heavy atom. The van der Waals surface area contributed by atoms with Crippen molar-refractivity contribution in [3.05, 3.63) is 36.9 Å². The van der Waals surface area contributed by atoms with Crippen LogP contribution in [0.2, 0.25) is 0 Å². The van der Waals surface area contributed by atoms with Crippen LogP contribution >= 0.6 is 47.8 Å². The monoisotopic (exact) mass is 450 g/mol. The summed E-state index contributed by atoms with van der Waals surface area (Å²) in [7, 11) is 0. The van der Waals surface area contributed by atoms with Gasteiger partial charge in [0.25, 0.3) is 0 Å². The highest BCUT2D eigenvalue weighted by Gasteiger charge is 2.12. The van der Waals surface area contributed by atoms with Crippen molar-refractivity contribution < 1.29 is 5.11 Å². The number of hydrogen-bond donors (Lipinski definition) is 2. The summed E-state index contributed by atoms with van der Waals surface area (Å²) in [6.07, 6.45) is 3.30. The number of imidazole rings is 1. The average molecular weight is 453 g/mol. The van der Waals surface area contributed by atoms with E-state index in [0.717, 1.165) is 10.2 Å². The van der Waals surface area contributed by atoms with Crippen molar-refractivity contribution >= 4 is 60.0 Å². The number of aromatic hydroxyl groups is 1. The third-order valence-corrected chi connectivity index (χ3v) is 4.39. The molecule has 0 bridgehead atoms. The van der Waals surface area contributed by atoms with Gasteiger partial charge in [-0.15, -0.1) is 0 Å². The number of rotatable bonds is 2. The number of anilines is 1. The first-order valence-electron chi connectivity index (χ1n) is 5.12. The van der Waals surface area contributed by atoms with E-state index in [2.05, 4.69) is 57.9 Å². The molecular weight excluding hydrogens is 444 g/mol. The smallest absolute Gasteiger partial charge is 0.221 e. The zero-order chi connectivity index (χ0) is 14.2. The fraction of sp³-hybridized carbons (Fsp3) is 0.0909. The van der Waals surface area contributed by atoms with Crippen molar-refractivity contribution in [1.29, 1.82) is 0 Å². The molecule has 0 saturated carbocycles. The SMILES string of the molecule is Cc1cn(N=Cc2c(Br)cc(Br)c(O)c2Br)c(N)n1. The van der Waals surface area contributed by atoms with Crippen molar-refractivity contribution in [2.24, 2.45) is 5.10 Å². The maximum Gasteiger partial charge on any atom is 0.221 e. The highest BCUT2D eigenvalue weighted by molar-refractivity contribution is 9.11. The molecule has 2 aromatic rings. The first kappa shape index (κ1) is 14.5. The van der Waals surface area contributed by atoms with E-state index in [0.29, 0.717) is 20.5 Å². The second-order valence-corrected chi connectivity index (χ2v) is 6.25. The van der Waals surface area contributed by atoms with Gasteiger partial charge in [0.05, 0.1) is 27.1 Å². The molecule has 0 aliphatic carbocycles. The van der Waals surface area contributed by atoms with Crippen molar-refractivity contribution in [3.63, 3.8) is 0 Å². The van der Waals surface area contributed by atoms with Crippen LogP contribution in [0.4, 0.5) is 5.95 Å². The van der Waals surface area contributed by atoms with Gasteiger partial charge in [-0.2, -0.15) is 5.10 Å². The van der Waals surface area contributed by atoms with E-state index in [1.807, 2.05) is 6.92 Å². The summed E-state index contributed by atoms with van der Waals surface area (Å²) in [5.74, 6) is 0.418. The first-order valence-corrected chi connectivity index (χ1v) is 7.50. The lowest BCUT2D eigenvalue weighted by molar-refractivity contribution is 0.468. The van der Waals surface area contributed by atoms with Crippen molar-refractivity contribution in [1.82, 2.24) is 9.66 Å². The molecular formula is C11H9Br3N4O. The molecule has 100 valence electrons. The Bertz CT molecular complexity index is 666. The Labute approximate surface area is 134 Å². The Hall–Kier alpha value is -0.860. The zero-order valence-corrected chi connectivity index (χ0v) is 14.5. The van der Waals surface area contributed by atoms with Crippen LogP contribution in [-0.2, 0) is 0 Å². The summed E-state index contributed by atoms with van der Waals surface area (Å²) < 4.78 is 3.37. The van der Waals surface area contributed by atoms with Crippen LogP contribution in [0.1, 0.15) is 11.3 Å². The van der Waals surface area contributed by atoms with Gasteiger partial charge in [-0.1, -0.05) is 15.9 Å². The standard InChI is InChI=1S/C11H9Br3N4O/c1-5-4-18(11(15)17-5)16-3-6-7(12)2-8(13)10(19)9(6)14/h2-4,19H,1H3,(H2,15,17). The fourth-order valence-electron chi connectivity index (χ4n) is 1.43. The molecule has 0 atom stereocenters. The summed E-state index contributed by atoms with van der Waals surface area (Å²) in [6.45, 7) is 1.83. The van der Waals surface area contributed by atoms with Crippen LogP contribution in [0.5, 0.6) is 5.75 Å². The molecule has 0 unspecified atom stereocenters. The first-order chi connectivity index (χ1) is 8.90. The molecule has 1 aromatic heterocycles. The summed E-state index contributed by atoms with van der Waals surface area (Å²) in [5, 5.41) is 14.1. The Morgan fingerprint density at radius 1 is 1.37 bits per heavy atom. The van der Waals surface area contributed by atoms with Gasteiger partial charge in [0, 0.05) is 10.0 Å². The lowest BCUT2D eigenvalue weighted by Gasteiger charge is -2.06. The zero-order valence-electron chi connectivity index (χ0n) is 9.73. The van der Waals surface area contributed by atoms with Crippen LogP contribution in [0.25, 0.3) is 0 Å². The molecule has 0 aliphatic heterocycles. The molecule has 1 heterocycles. The van der Waals surface area contributed by atoms with Gasteiger partial charge >= 0.3 is 0 Å². The fourth-order valence-corrected chi connectivity index (χ4v) is 3.75. The molecule has 19 heavy (non-hydrogen) atoms. The lowest BCUT2D eigenvalue weighted by atomic mass is 10.2. The van der Waals surface area contributed by atoms with Crippen LogP contribution < -0.4 is 5.73 Å². The molecule has 3 N–H and O–H groups in total. The predicted octanol–water partition coefficient (Wildman–Crippen LogP) is 3.65. The molecule has 8 heteroatoms. The lowest BCUT2D eigenvalue weighted by Crippen LogP contribution is -1.97. The average Bonchev–Trinajstić information content (AvgIpc) is 2.65. The number of nitrogen functional groups attached to an aromatic ring is 1. The molecule has 1 aromatic carbocycles. The van der Waals surface area contributed by atoms with Crippen LogP contribution in [0, 0.1) is 6.92 Å². The predicted molar refractivity (Wildman–Crippen MR) is 85.6 cm³/mol. The molecule has 0 amide bonds. The highest BCUT2D eigenvalue weighted by atomic mass is 79.9. The van der Waals surface area contributed by atoms with E-state index in [1.54, 1.807) is 18.5 Å². The minimum absolute atomic E-state index is 0.111. The minimum Gasteiger partial charge on any atom is -0.506 e. The van der Waals surface area contributed by atoms with E-state index >= 15 is 0 Å². The number of nitrogens with zero attached hydrogens (tertiary/aromatic N) is 3. The van der Waals surface area contributed by atoms with E-state index in [-0.39, 0.29) is 5.75 Å². The van der Waals surface area contributed by atoms with E-state index in [9.17, 15) is 5.11 Å². The van der Waals surface area contributed by atoms with Gasteiger partial charge in [-0.3, -0.25) is 0 Å². The van der Waals surface area contributed by atoms with Crippen molar-refractivity contribution in [2.75, 3.05) is 5.73 Å². The number of phenols is 1. The molecule has 0 spiro atoms. The molecule has 0 fully saturated rings. The Morgan fingerprint density at radius 2 is 2.05 bits per heavy atom. The summed E-state index contributed by atoms with van der Waals surface area (Å²) in [6, 6.07) is 1.74. The van der Waals surface area contributed by atoms with Gasteiger partial charge < -0.3 is 10.8 Å². The number of hydrogen-bond acceptors (Lipinski definition) is 4. The summed E-state index contributed by atoms with van der Waals surface area (Å²) >= 11 is 9.98. The van der Waals surface area contributed by atoms with Gasteiger partial charge in [0.2, 0.25) is 5.95 Å². The van der Waals surface area contributed by atoms with Gasteiger partial charge in [-0.05, 0) is 44.8 Å². The molecule has 0 radical (unpaired) electrons. The molecule has 5 nitrogen and oxygen atoms in total. The van der Waals surface area contributed by atoms with Gasteiger partial charge in [0.1, 0.15) is 5.75 Å². The van der Waals surface area contributed by atoms with Gasteiger partial charge in [0.15, 0.2) is 0 Å². The van der Waals surface area contributed by atoms with Gasteiger partial charge in [-0.25, -0.2) is 9.66 Å². The van der Waals surface area contributed by atoms with Crippen LogP contribution in [0.3, 0.4) is 0 Å². The second kappa shape index (κ2) is 5.64. The Balaban J connectivity index is 2.44. The van der Waals surface area contributed by atoms with Crippen molar-refractivity contribution in [3.8, 4) is 5.75 Å². The number of aryl methyl sites for hydroxylation is 1. The van der Waals surface area contributed by atoms with Crippen LogP contribution in [-0.4, -0.2) is 21.0 Å². The normalized spacial score (nSPS) is 11.4. The third-order valence-electron chi connectivity index (χ3n) is 2.33. The summed E-state index contributed by atoms with van der Waals surface area (Å²) in [5.41, 5.74) is 7.18. The molecule has 2 rings (SSSR count). The number of aromatic nitrogens is 2. The molecule has 0 saturated heterocycles. The number of halogens is 3. The Kier molecular flexibility index (Phi) is 4.32. The maximum atomic E-state index is 9.85.